The van der Waals surface area contributed by atoms with Gasteiger partial charge in [-0.1, -0.05) is 39.7 Å². The normalized spacial score (nSPS) is 10.9. The Kier molecular flexibility index (Phi) is 4.70. The van der Waals surface area contributed by atoms with Crippen molar-refractivity contribution in [2.45, 2.75) is 6.42 Å². The number of anilines is 1. The van der Waals surface area contributed by atoms with Crippen LogP contribution in [0.5, 0.6) is 0 Å². The van der Waals surface area contributed by atoms with Gasteiger partial charge < -0.3 is 5.73 Å². The lowest BCUT2D eigenvalue weighted by Gasteiger charge is -2.00. The molecule has 5 nitrogen and oxygen atoms in total. The van der Waals surface area contributed by atoms with E-state index in [0.717, 1.165) is 11.8 Å². The summed E-state index contributed by atoms with van der Waals surface area (Å²) in [5.41, 5.74) is 5.63. The van der Waals surface area contributed by atoms with Gasteiger partial charge in [-0.05, 0) is 6.42 Å². The van der Waals surface area contributed by atoms with Crippen LogP contribution >= 0.6 is 27.5 Å². The van der Waals surface area contributed by atoms with Crippen molar-refractivity contribution in [3.8, 4) is 0 Å². The maximum absolute atomic E-state index is 10.6. The molecule has 86 valence electrons. The van der Waals surface area contributed by atoms with Crippen molar-refractivity contribution in [2.75, 3.05) is 11.1 Å². The van der Waals surface area contributed by atoms with E-state index in [1.54, 1.807) is 6.08 Å². The van der Waals surface area contributed by atoms with Crippen LogP contribution in [0, 0.1) is 10.1 Å². The highest BCUT2D eigenvalue weighted by molar-refractivity contribution is 9.09. The van der Waals surface area contributed by atoms with Crippen LogP contribution in [-0.4, -0.2) is 15.2 Å². The first-order valence-corrected chi connectivity index (χ1v) is 5.89. The third-order valence-electron chi connectivity index (χ3n) is 1.78. The van der Waals surface area contributed by atoms with E-state index < -0.39 is 4.92 Å². The molecule has 0 spiro atoms. The summed E-state index contributed by atoms with van der Waals surface area (Å²) in [6.45, 7) is 0. The molecule has 0 fully saturated rings. The molecule has 0 aliphatic carbocycles. The van der Waals surface area contributed by atoms with Crippen molar-refractivity contribution in [3.63, 3.8) is 0 Å². The van der Waals surface area contributed by atoms with Gasteiger partial charge in [0.1, 0.15) is 5.15 Å². The van der Waals surface area contributed by atoms with E-state index in [-0.39, 0.29) is 16.7 Å². The van der Waals surface area contributed by atoms with Crippen LogP contribution in [0.2, 0.25) is 5.15 Å². The summed E-state index contributed by atoms with van der Waals surface area (Å²) in [5, 5.41) is 11.6. The van der Waals surface area contributed by atoms with Crippen LogP contribution in [0.1, 0.15) is 12.0 Å². The second-order valence-corrected chi connectivity index (χ2v) is 4.06. The van der Waals surface area contributed by atoms with Gasteiger partial charge in [0.25, 0.3) is 0 Å². The van der Waals surface area contributed by atoms with Gasteiger partial charge >= 0.3 is 5.69 Å². The van der Waals surface area contributed by atoms with Crippen molar-refractivity contribution in [1.29, 1.82) is 0 Å². The summed E-state index contributed by atoms with van der Waals surface area (Å²) in [6.07, 6.45) is 4.33. The molecule has 0 amide bonds. The Morgan fingerprint density at radius 3 is 2.94 bits per heavy atom. The number of nitrogen functional groups attached to an aromatic ring is 1. The minimum absolute atomic E-state index is 0.161. The summed E-state index contributed by atoms with van der Waals surface area (Å²) >= 11 is 9.07. The van der Waals surface area contributed by atoms with Crippen LogP contribution in [0.3, 0.4) is 0 Å². The zero-order valence-electron chi connectivity index (χ0n) is 8.19. The monoisotopic (exact) mass is 305 g/mol. The molecule has 0 radical (unpaired) electrons. The highest BCUT2D eigenvalue weighted by atomic mass is 79.9. The molecule has 0 aliphatic rings. The summed E-state index contributed by atoms with van der Waals surface area (Å²) in [7, 11) is 0. The maximum Gasteiger partial charge on any atom is 0.311 e. The van der Waals surface area contributed by atoms with E-state index in [1.807, 2.05) is 6.08 Å². The molecule has 1 rings (SSSR count). The number of nitro groups is 1. The standard InChI is InChI=1S/C9H9BrClN3O2/c10-4-2-1-3-6-5-7(14(15)16)9(12)13-8(6)11/h1,3,5H,2,4H2,(H2,12,13). The lowest BCUT2D eigenvalue weighted by Crippen LogP contribution is -1.99. The molecule has 1 aromatic heterocycles. The van der Waals surface area contributed by atoms with E-state index in [4.69, 9.17) is 17.3 Å². The average Bonchev–Trinajstić information content (AvgIpc) is 2.21. The minimum atomic E-state index is -0.583. The topological polar surface area (TPSA) is 82.0 Å². The number of rotatable bonds is 4. The van der Waals surface area contributed by atoms with Crippen molar-refractivity contribution < 1.29 is 4.92 Å². The molecule has 7 heteroatoms. The predicted octanol–water partition coefficient (Wildman–Crippen LogP) is 3.02. The largest absolute Gasteiger partial charge is 0.378 e. The molecule has 2 N–H and O–H groups in total. The molecule has 0 bridgehead atoms. The van der Waals surface area contributed by atoms with Gasteiger partial charge in [0, 0.05) is 17.0 Å². The molecular formula is C9H9BrClN3O2. The molecular weight excluding hydrogens is 297 g/mol. The summed E-state index contributed by atoms with van der Waals surface area (Å²) in [5.74, 6) is -0.173. The molecule has 0 unspecified atom stereocenters. The molecule has 0 saturated heterocycles. The third-order valence-corrected chi connectivity index (χ3v) is 2.54. The van der Waals surface area contributed by atoms with Crippen LogP contribution in [-0.2, 0) is 0 Å². The molecule has 0 atom stereocenters. The number of nitrogens with zero attached hydrogens (tertiary/aromatic N) is 2. The first-order valence-electron chi connectivity index (χ1n) is 4.39. The third kappa shape index (κ3) is 3.18. The van der Waals surface area contributed by atoms with Crippen LogP contribution in [0.25, 0.3) is 6.08 Å². The number of alkyl halides is 1. The molecule has 0 aromatic carbocycles. The van der Waals surface area contributed by atoms with Gasteiger partial charge in [0.15, 0.2) is 0 Å². The Morgan fingerprint density at radius 1 is 1.69 bits per heavy atom. The quantitative estimate of drug-likeness (QED) is 0.401. The highest BCUT2D eigenvalue weighted by Gasteiger charge is 2.15. The van der Waals surface area contributed by atoms with Gasteiger partial charge in [0.2, 0.25) is 5.82 Å². The fraction of sp³-hybridized carbons (Fsp3) is 0.222. The fourth-order valence-electron chi connectivity index (χ4n) is 1.04. The Morgan fingerprint density at radius 2 is 2.38 bits per heavy atom. The summed E-state index contributed by atoms with van der Waals surface area (Å²) in [4.78, 5) is 13.8. The number of hydrogen-bond donors (Lipinski definition) is 1. The fourth-order valence-corrected chi connectivity index (χ4v) is 1.52. The number of halogens is 2. The van der Waals surface area contributed by atoms with Crippen molar-refractivity contribution in [1.82, 2.24) is 4.98 Å². The number of nitrogens with two attached hydrogens (primary N) is 1. The van der Waals surface area contributed by atoms with E-state index in [1.165, 1.54) is 6.07 Å². The van der Waals surface area contributed by atoms with Crippen LogP contribution in [0.15, 0.2) is 12.1 Å². The van der Waals surface area contributed by atoms with Gasteiger partial charge in [-0.2, -0.15) is 0 Å². The molecule has 16 heavy (non-hydrogen) atoms. The van der Waals surface area contributed by atoms with Gasteiger partial charge in [-0.25, -0.2) is 4.98 Å². The minimum Gasteiger partial charge on any atom is -0.378 e. The van der Waals surface area contributed by atoms with Gasteiger partial charge in [-0.15, -0.1) is 0 Å². The average molecular weight is 307 g/mol. The molecule has 0 aliphatic heterocycles. The van der Waals surface area contributed by atoms with Crippen molar-refractivity contribution in [3.05, 3.63) is 33.0 Å². The van der Waals surface area contributed by atoms with E-state index in [0.29, 0.717) is 5.56 Å². The molecule has 0 saturated carbocycles. The second kappa shape index (κ2) is 5.81. The summed E-state index contributed by atoms with van der Waals surface area (Å²) < 4.78 is 0. The number of hydrogen-bond acceptors (Lipinski definition) is 4. The van der Waals surface area contributed by atoms with Gasteiger partial charge in [-0.3, -0.25) is 10.1 Å². The maximum atomic E-state index is 10.6. The number of pyridine rings is 1. The smallest absolute Gasteiger partial charge is 0.311 e. The lowest BCUT2D eigenvalue weighted by molar-refractivity contribution is -0.384. The zero-order chi connectivity index (χ0) is 12.1. The van der Waals surface area contributed by atoms with Gasteiger partial charge in [0.05, 0.1) is 4.92 Å². The van der Waals surface area contributed by atoms with Crippen molar-refractivity contribution in [2.24, 2.45) is 0 Å². The SMILES string of the molecule is Nc1nc(Cl)c(C=CCCBr)cc1[N+](=O)[O-]. The first-order chi connectivity index (χ1) is 7.56. The number of allylic oxidation sites excluding steroid dienone is 1. The Balaban J connectivity index is 3.09. The van der Waals surface area contributed by atoms with Crippen LogP contribution < -0.4 is 5.73 Å². The Labute approximate surface area is 106 Å². The first kappa shape index (κ1) is 12.9. The Bertz CT molecular complexity index is 437. The van der Waals surface area contributed by atoms with Crippen LogP contribution in [0.4, 0.5) is 11.5 Å². The van der Waals surface area contributed by atoms with E-state index in [2.05, 4.69) is 20.9 Å². The molecule has 1 heterocycles. The van der Waals surface area contributed by atoms with E-state index in [9.17, 15) is 10.1 Å². The number of aromatic nitrogens is 1. The molecule has 1 aromatic rings. The highest BCUT2D eigenvalue weighted by Crippen LogP contribution is 2.26. The zero-order valence-corrected chi connectivity index (χ0v) is 10.5. The predicted molar refractivity (Wildman–Crippen MR) is 67.8 cm³/mol. The van der Waals surface area contributed by atoms with Crippen molar-refractivity contribution >= 4 is 45.1 Å². The second-order valence-electron chi connectivity index (χ2n) is 2.91. The van der Waals surface area contributed by atoms with E-state index >= 15 is 0 Å². The lowest BCUT2D eigenvalue weighted by atomic mass is 10.2. The summed E-state index contributed by atoms with van der Waals surface area (Å²) in [6, 6.07) is 1.31. The Hall–Kier alpha value is -1.14.